The lowest BCUT2D eigenvalue weighted by Crippen LogP contribution is -2.33. The van der Waals surface area contributed by atoms with Crippen molar-refractivity contribution in [1.29, 1.82) is 0 Å². The summed E-state index contributed by atoms with van der Waals surface area (Å²) in [7, 11) is 0. The number of hydrogen-bond acceptors (Lipinski definition) is 3. The molecule has 2 aliphatic heterocycles. The molecule has 2 fully saturated rings. The highest BCUT2D eigenvalue weighted by Crippen LogP contribution is 2.36. The van der Waals surface area contributed by atoms with E-state index in [-0.39, 0.29) is 17.2 Å². The first-order valence-corrected chi connectivity index (χ1v) is 6.15. The van der Waals surface area contributed by atoms with E-state index in [4.69, 9.17) is 0 Å². The highest BCUT2D eigenvalue weighted by molar-refractivity contribution is 5.94. The van der Waals surface area contributed by atoms with E-state index in [9.17, 15) is 9.59 Å². The molecule has 1 unspecified atom stereocenters. The molecule has 1 N–H and O–H groups in total. The van der Waals surface area contributed by atoms with Gasteiger partial charge in [0, 0.05) is 43.9 Å². The van der Waals surface area contributed by atoms with Crippen LogP contribution in [0.4, 0.5) is 0 Å². The predicted molar refractivity (Wildman–Crippen MR) is 64.8 cm³/mol. The van der Waals surface area contributed by atoms with Crippen LogP contribution in [-0.4, -0.2) is 41.3 Å². The Hall–Kier alpha value is -1.91. The zero-order valence-electron chi connectivity index (χ0n) is 10.1. The van der Waals surface area contributed by atoms with Crippen LogP contribution < -0.4 is 5.32 Å². The average Bonchev–Trinajstić information content (AvgIpc) is 2.97. The largest absolute Gasteiger partial charge is 0.355 e. The maximum atomic E-state index is 12.2. The molecule has 0 aromatic carbocycles. The van der Waals surface area contributed by atoms with Gasteiger partial charge in [0.2, 0.25) is 5.91 Å². The van der Waals surface area contributed by atoms with Crippen molar-refractivity contribution in [3.63, 3.8) is 0 Å². The minimum absolute atomic E-state index is 0.0133. The van der Waals surface area contributed by atoms with Crippen LogP contribution in [0.5, 0.6) is 0 Å². The standard InChI is InChI=1S/C13H15N3O2/c17-11-6-13(8-15-11)3-5-16(9-13)12(18)10-2-1-4-14-7-10/h1-2,4,7H,3,5-6,8-9H2,(H,15,17). The van der Waals surface area contributed by atoms with Crippen molar-refractivity contribution in [1.82, 2.24) is 15.2 Å². The molecular weight excluding hydrogens is 230 g/mol. The molecule has 5 heteroatoms. The van der Waals surface area contributed by atoms with Gasteiger partial charge in [0.05, 0.1) is 5.56 Å². The number of pyridine rings is 1. The van der Waals surface area contributed by atoms with E-state index >= 15 is 0 Å². The molecule has 3 rings (SSSR count). The average molecular weight is 245 g/mol. The zero-order valence-corrected chi connectivity index (χ0v) is 10.1. The summed E-state index contributed by atoms with van der Waals surface area (Å²) in [5, 5.41) is 2.86. The van der Waals surface area contributed by atoms with Gasteiger partial charge in [0.15, 0.2) is 0 Å². The lowest BCUT2D eigenvalue weighted by molar-refractivity contribution is -0.119. The van der Waals surface area contributed by atoms with Crippen LogP contribution in [0.2, 0.25) is 0 Å². The van der Waals surface area contributed by atoms with E-state index in [1.165, 1.54) is 0 Å². The van der Waals surface area contributed by atoms with Crippen molar-refractivity contribution in [2.75, 3.05) is 19.6 Å². The molecule has 94 valence electrons. The number of carbonyl (C=O) groups excluding carboxylic acids is 2. The molecule has 5 nitrogen and oxygen atoms in total. The van der Waals surface area contributed by atoms with E-state index in [1.807, 2.05) is 4.90 Å². The molecular formula is C13H15N3O2. The van der Waals surface area contributed by atoms with Gasteiger partial charge in [-0.15, -0.1) is 0 Å². The van der Waals surface area contributed by atoms with Crippen LogP contribution >= 0.6 is 0 Å². The summed E-state index contributed by atoms with van der Waals surface area (Å²) < 4.78 is 0. The number of hydrogen-bond donors (Lipinski definition) is 1. The second-order valence-electron chi connectivity index (χ2n) is 5.17. The maximum Gasteiger partial charge on any atom is 0.255 e. The van der Waals surface area contributed by atoms with Crippen molar-refractivity contribution >= 4 is 11.8 Å². The van der Waals surface area contributed by atoms with Gasteiger partial charge in [-0.25, -0.2) is 0 Å². The fourth-order valence-electron chi connectivity index (χ4n) is 2.82. The Kier molecular flexibility index (Phi) is 2.54. The molecule has 1 aromatic heterocycles. The van der Waals surface area contributed by atoms with Crippen LogP contribution in [0.3, 0.4) is 0 Å². The summed E-state index contributed by atoms with van der Waals surface area (Å²) in [6, 6.07) is 3.54. The topological polar surface area (TPSA) is 62.3 Å². The van der Waals surface area contributed by atoms with Crippen molar-refractivity contribution in [2.24, 2.45) is 5.41 Å². The van der Waals surface area contributed by atoms with Crippen LogP contribution in [0.1, 0.15) is 23.2 Å². The highest BCUT2D eigenvalue weighted by atomic mass is 16.2. The van der Waals surface area contributed by atoms with Crippen molar-refractivity contribution in [3.05, 3.63) is 30.1 Å². The molecule has 0 saturated carbocycles. The molecule has 18 heavy (non-hydrogen) atoms. The van der Waals surface area contributed by atoms with E-state index in [2.05, 4.69) is 10.3 Å². The van der Waals surface area contributed by atoms with Gasteiger partial charge in [-0.3, -0.25) is 14.6 Å². The number of carbonyl (C=O) groups is 2. The second-order valence-corrected chi connectivity index (χ2v) is 5.17. The third-order valence-corrected chi connectivity index (χ3v) is 3.83. The van der Waals surface area contributed by atoms with Crippen LogP contribution in [-0.2, 0) is 4.79 Å². The minimum atomic E-state index is -0.0328. The number of aromatic nitrogens is 1. The number of amides is 2. The molecule has 2 amide bonds. The van der Waals surface area contributed by atoms with Gasteiger partial charge in [0.1, 0.15) is 0 Å². The minimum Gasteiger partial charge on any atom is -0.355 e. The van der Waals surface area contributed by atoms with Crippen LogP contribution in [0, 0.1) is 5.41 Å². The molecule has 2 aliphatic rings. The predicted octanol–water partition coefficient (Wildman–Crippen LogP) is 0.434. The molecule has 1 spiro atoms. The lowest BCUT2D eigenvalue weighted by Gasteiger charge is -2.21. The Morgan fingerprint density at radius 3 is 3.06 bits per heavy atom. The Balaban J connectivity index is 1.73. The lowest BCUT2D eigenvalue weighted by atomic mass is 9.86. The highest BCUT2D eigenvalue weighted by Gasteiger charge is 2.45. The summed E-state index contributed by atoms with van der Waals surface area (Å²) in [5.74, 6) is 0.116. The summed E-state index contributed by atoms with van der Waals surface area (Å²) in [6.45, 7) is 2.09. The normalized spacial score (nSPS) is 26.7. The summed E-state index contributed by atoms with van der Waals surface area (Å²) in [6.07, 6.45) is 4.69. The second kappa shape index (κ2) is 4.08. The first-order chi connectivity index (χ1) is 8.69. The SMILES string of the molecule is O=C1CC2(CCN(C(=O)c3cccnc3)C2)CN1. The van der Waals surface area contributed by atoms with E-state index < -0.39 is 0 Å². The molecule has 3 heterocycles. The van der Waals surface area contributed by atoms with Gasteiger partial charge in [-0.2, -0.15) is 0 Å². The van der Waals surface area contributed by atoms with Gasteiger partial charge in [-0.1, -0.05) is 0 Å². The first-order valence-electron chi connectivity index (χ1n) is 6.15. The Morgan fingerprint density at radius 1 is 1.50 bits per heavy atom. The van der Waals surface area contributed by atoms with E-state index in [0.29, 0.717) is 25.1 Å². The fourth-order valence-corrected chi connectivity index (χ4v) is 2.82. The summed E-state index contributed by atoms with van der Waals surface area (Å²) in [4.78, 5) is 29.4. The summed E-state index contributed by atoms with van der Waals surface area (Å²) in [5.41, 5.74) is 0.585. The van der Waals surface area contributed by atoms with Gasteiger partial charge < -0.3 is 10.2 Å². The van der Waals surface area contributed by atoms with Crippen LogP contribution in [0.15, 0.2) is 24.5 Å². The smallest absolute Gasteiger partial charge is 0.255 e. The fraction of sp³-hybridized carbons (Fsp3) is 0.462. The number of nitrogens with zero attached hydrogens (tertiary/aromatic N) is 2. The Morgan fingerprint density at radius 2 is 2.39 bits per heavy atom. The molecule has 1 atom stereocenters. The maximum absolute atomic E-state index is 12.2. The van der Waals surface area contributed by atoms with Gasteiger partial charge in [0.25, 0.3) is 5.91 Å². The third-order valence-electron chi connectivity index (χ3n) is 3.83. The third kappa shape index (κ3) is 1.85. The van der Waals surface area contributed by atoms with Gasteiger partial charge >= 0.3 is 0 Å². The number of likely N-dealkylation sites (tertiary alicyclic amines) is 1. The van der Waals surface area contributed by atoms with Gasteiger partial charge in [-0.05, 0) is 18.6 Å². The van der Waals surface area contributed by atoms with Crippen molar-refractivity contribution in [3.8, 4) is 0 Å². The Bertz CT molecular complexity index is 488. The molecule has 2 saturated heterocycles. The quantitative estimate of drug-likeness (QED) is 0.780. The first kappa shape index (κ1) is 11.2. The summed E-state index contributed by atoms with van der Waals surface area (Å²) >= 11 is 0. The van der Waals surface area contributed by atoms with Crippen molar-refractivity contribution < 1.29 is 9.59 Å². The molecule has 1 aromatic rings. The van der Waals surface area contributed by atoms with Crippen LogP contribution in [0.25, 0.3) is 0 Å². The number of nitrogens with one attached hydrogen (secondary N) is 1. The van der Waals surface area contributed by atoms with Crippen molar-refractivity contribution in [2.45, 2.75) is 12.8 Å². The molecule has 0 bridgehead atoms. The van der Waals surface area contributed by atoms with E-state index in [0.717, 1.165) is 13.0 Å². The van der Waals surface area contributed by atoms with E-state index in [1.54, 1.807) is 24.5 Å². The Labute approximate surface area is 105 Å². The molecule has 0 radical (unpaired) electrons. The molecule has 0 aliphatic carbocycles. The zero-order chi connectivity index (χ0) is 12.6. The number of rotatable bonds is 1. The monoisotopic (exact) mass is 245 g/mol.